The molecule has 1 aliphatic heterocycles. The maximum absolute atomic E-state index is 13.5. The van der Waals surface area contributed by atoms with Crippen LogP contribution in [0.3, 0.4) is 0 Å². The number of anilines is 1. The van der Waals surface area contributed by atoms with E-state index in [9.17, 15) is 31.5 Å². The molecule has 5 atom stereocenters. The SMILES string of the molecule is C=CCC(O)C1CCC1CN1C[C@@]2(CCCc3cc(Cl)ccc32)COc2ccc(C(=O)NS(=O)(=O)[C@@H](CC=C)C(F)(F)F)cc21. The van der Waals surface area contributed by atoms with E-state index in [-0.39, 0.29) is 17.4 Å². The third-order valence-corrected chi connectivity index (χ3v) is 11.4. The first kappa shape index (κ1) is 33.3. The second-order valence-corrected chi connectivity index (χ2v) is 14.7. The Kier molecular flexibility index (Phi) is 9.63. The number of aliphatic hydroxyl groups is 1. The predicted octanol–water partition coefficient (Wildman–Crippen LogP) is 6.34. The van der Waals surface area contributed by atoms with Gasteiger partial charge in [-0.1, -0.05) is 29.8 Å². The van der Waals surface area contributed by atoms with Gasteiger partial charge in [-0.2, -0.15) is 13.2 Å². The van der Waals surface area contributed by atoms with Crippen LogP contribution in [-0.2, 0) is 21.9 Å². The molecule has 5 rings (SSSR count). The highest BCUT2D eigenvalue weighted by Crippen LogP contribution is 2.47. The summed E-state index contributed by atoms with van der Waals surface area (Å²) in [6, 6.07) is 10.3. The molecule has 1 heterocycles. The van der Waals surface area contributed by atoms with Crippen LogP contribution in [0.15, 0.2) is 61.7 Å². The van der Waals surface area contributed by atoms with E-state index in [4.69, 9.17) is 16.3 Å². The molecule has 1 spiro atoms. The molecule has 2 aromatic carbocycles. The molecule has 2 aliphatic carbocycles. The first-order valence-electron chi connectivity index (χ1n) is 15.1. The van der Waals surface area contributed by atoms with Gasteiger partial charge in [-0.3, -0.25) is 4.79 Å². The number of ether oxygens (including phenoxy) is 1. The summed E-state index contributed by atoms with van der Waals surface area (Å²) >= 11 is 6.34. The van der Waals surface area contributed by atoms with Crippen molar-refractivity contribution in [1.82, 2.24) is 4.72 Å². The van der Waals surface area contributed by atoms with Crippen molar-refractivity contribution in [3.05, 3.63) is 83.4 Å². The van der Waals surface area contributed by atoms with Crippen molar-refractivity contribution in [2.75, 3.05) is 24.6 Å². The summed E-state index contributed by atoms with van der Waals surface area (Å²) in [6.45, 7) is 8.39. The van der Waals surface area contributed by atoms with Gasteiger partial charge in [0.2, 0.25) is 10.0 Å². The van der Waals surface area contributed by atoms with Crippen LogP contribution in [0.5, 0.6) is 5.75 Å². The van der Waals surface area contributed by atoms with Crippen LogP contribution in [0.2, 0.25) is 5.02 Å². The molecule has 0 saturated heterocycles. The summed E-state index contributed by atoms with van der Waals surface area (Å²) < 4.78 is 74.0. The minimum Gasteiger partial charge on any atom is -0.490 e. The zero-order valence-electron chi connectivity index (χ0n) is 24.9. The Hall–Kier alpha value is -3.02. The van der Waals surface area contributed by atoms with Crippen molar-refractivity contribution in [2.24, 2.45) is 11.8 Å². The Morgan fingerprint density at radius 1 is 1.18 bits per heavy atom. The smallest absolute Gasteiger partial charge is 0.407 e. The number of allylic oxidation sites excluding steroid dienone is 1. The lowest BCUT2D eigenvalue weighted by Crippen LogP contribution is -2.49. The zero-order chi connectivity index (χ0) is 32.6. The third kappa shape index (κ3) is 6.90. The monoisotopic (exact) mass is 666 g/mol. The Bertz CT molecular complexity index is 1570. The highest BCUT2D eigenvalue weighted by atomic mass is 35.5. The van der Waals surface area contributed by atoms with Crippen LogP contribution in [0.1, 0.15) is 60.0 Å². The van der Waals surface area contributed by atoms with E-state index in [1.165, 1.54) is 12.1 Å². The fourth-order valence-electron chi connectivity index (χ4n) is 7.06. The molecular formula is C33H38ClF3N2O5S. The van der Waals surface area contributed by atoms with Crippen molar-refractivity contribution >= 4 is 33.2 Å². The van der Waals surface area contributed by atoms with Gasteiger partial charge in [0.25, 0.3) is 5.91 Å². The standard InChI is InChI=1S/C33H38ClF3N2O5S/c1-3-6-28(40)25-12-9-23(25)18-39-19-32(15-5-8-21-16-24(34)11-13-26(21)32)20-44-29-14-10-22(17-27(29)39)31(41)38-45(42,43)30(7-4-2)33(35,36)37/h3-4,10-11,13-14,16-17,23,25,28,30,40H,1-2,5-9,12,15,18-20H2,(H,38,41)/t23?,25?,28?,30-,32-/m0/s1. The Morgan fingerprint density at radius 3 is 2.60 bits per heavy atom. The number of amides is 1. The van der Waals surface area contributed by atoms with Gasteiger partial charge >= 0.3 is 6.18 Å². The number of hydrogen-bond donors (Lipinski definition) is 2. The average molecular weight is 667 g/mol. The molecule has 0 radical (unpaired) electrons. The van der Waals surface area contributed by atoms with Gasteiger partial charge in [-0.15, -0.1) is 13.2 Å². The molecule has 244 valence electrons. The van der Waals surface area contributed by atoms with Crippen LogP contribution < -0.4 is 14.4 Å². The molecule has 2 aromatic rings. The lowest BCUT2D eigenvalue weighted by Gasteiger charge is -2.45. The van der Waals surface area contributed by atoms with E-state index >= 15 is 0 Å². The number of rotatable bonds is 10. The molecule has 45 heavy (non-hydrogen) atoms. The van der Waals surface area contributed by atoms with Gasteiger partial charge in [-0.05, 0) is 98.2 Å². The second-order valence-electron chi connectivity index (χ2n) is 12.4. The Balaban J connectivity index is 1.50. The van der Waals surface area contributed by atoms with E-state index < -0.39 is 45.3 Å². The summed E-state index contributed by atoms with van der Waals surface area (Å²) in [5.74, 6) is -0.490. The second kappa shape index (κ2) is 13.0. The van der Waals surface area contributed by atoms with Gasteiger partial charge in [0.1, 0.15) is 5.75 Å². The normalized spacial score (nSPS) is 24.2. The van der Waals surface area contributed by atoms with Gasteiger partial charge in [0.05, 0.1) is 18.4 Å². The Morgan fingerprint density at radius 2 is 1.93 bits per heavy atom. The third-order valence-electron chi connectivity index (χ3n) is 9.49. The lowest BCUT2D eigenvalue weighted by atomic mass is 9.68. The fourth-order valence-corrected chi connectivity index (χ4v) is 8.51. The summed E-state index contributed by atoms with van der Waals surface area (Å²) in [5, 5.41) is 8.60. The molecule has 0 aromatic heterocycles. The summed E-state index contributed by atoms with van der Waals surface area (Å²) in [5.41, 5.74) is 2.30. The van der Waals surface area contributed by atoms with E-state index in [1.54, 1.807) is 16.9 Å². The van der Waals surface area contributed by atoms with Crippen LogP contribution in [0, 0.1) is 11.8 Å². The lowest BCUT2D eigenvalue weighted by molar-refractivity contribution is -0.129. The molecule has 2 N–H and O–H groups in total. The van der Waals surface area contributed by atoms with Crippen LogP contribution in [0.4, 0.5) is 18.9 Å². The molecule has 1 saturated carbocycles. The number of hydrogen-bond acceptors (Lipinski definition) is 6. The number of nitrogens with zero attached hydrogens (tertiary/aromatic N) is 1. The zero-order valence-corrected chi connectivity index (χ0v) is 26.4. The highest BCUT2D eigenvalue weighted by molar-refractivity contribution is 7.90. The van der Waals surface area contributed by atoms with Crippen LogP contribution in [-0.4, -0.2) is 56.7 Å². The number of carbonyl (C=O) groups excluding carboxylic acids is 1. The van der Waals surface area contributed by atoms with E-state index in [1.807, 2.05) is 18.2 Å². The van der Waals surface area contributed by atoms with Crippen molar-refractivity contribution in [2.45, 2.75) is 67.9 Å². The largest absolute Gasteiger partial charge is 0.490 e. The topological polar surface area (TPSA) is 95.9 Å². The molecule has 3 aliphatic rings. The van der Waals surface area contributed by atoms with Crippen molar-refractivity contribution in [3.8, 4) is 5.75 Å². The molecule has 1 amide bonds. The summed E-state index contributed by atoms with van der Waals surface area (Å²) in [7, 11) is -5.11. The quantitative estimate of drug-likeness (QED) is 0.287. The Labute approximate surface area is 267 Å². The number of carbonyl (C=O) groups is 1. The number of benzene rings is 2. The number of aliphatic hydroxyl groups excluding tert-OH is 1. The summed E-state index contributed by atoms with van der Waals surface area (Å²) in [4.78, 5) is 15.3. The fraction of sp³-hybridized carbons (Fsp3) is 0.485. The van der Waals surface area contributed by atoms with Gasteiger partial charge in [0, 0.05) is 29.1 Å². The number of sulfonamides is 1. The number of fused-ring (bicyclic) bond motifs is 3. The number of nitrogens with one attached hydrogen (secondary N) is 1. The molecule has 7 nitrogen and oxygen atoms in total. The van der Waals surface area contributed by atoms with E-state index in [2.05, 4.69) is 18.1 Å². The highest BCUT2D eigenvalue weighted by Gasteiger charge is 2.49. The molecule has 12 heteroatoms. The van der Waals surface area contributed by atoms with Crippen molar-refractivity contribution in [1.29, 1.82) is 0 Å². The number of halogens is 4. The van der Waals surface area contributed by atoms with E-state index in [0.717, 1.165) is 49.3 Å². The van der Waals surface area contributed by atoms with Crippen molar-refractivity contribution < 1.29 is 36.2 Å². The maximum Gasteiger partial charge on any atom is 0.407 e. The predicted molar refractivity (Wildman–Crippen MR) is 168 cm³/mol. The molecule has 1 fully saturated rings. The molecular weight excluding hydrogens is 629 g/mol. The first-order chi connectivity index (χ1) is 21.3. The number of alkyl halides is 3. The minimum absolute atomic E-state index is 0.0600. The minimum atomic E-state index is -5.11. The van der Waals surface area contributed by atoms with Gasteiger partial charge < -0.3 is 14.7 Å². The average Bonchev–Trinajstić information content (AvgIpc) is 3.10. The maximum atomic E-state index is 13.5. The van der Waals surface area contributed by atoms with Gasteiger partial charge in [0.15, 0.2) is 5.25 Å². The van der Waals surface area contributed by atoms with E-state index in [0.29, 0.717) is 42.6 Å². The van der Waals surface area contributed by atoms with Crippen molar-refractivity contribution in [3.63, 3.8) is 0 Å². The van der Waals surface area contributed by atoms with Gasteiger partial charge in [-0.25, -0.2) is 13.1 Å². The van der Waals surface area contributed by atoms with Crippen LogP contribution >= 0.6 is 11.6 Å². The molecule has 0 bridgehead atoms. The molecule has 3 unspecified atom stereocenters. The number of aryl methyl sites for hydroxylation is 1. The summed E-state index contributed by atoms with van der Waals surface area (Å²) in [6.07, 6.45) is 0.910. The van der Waals surface area contributed by atoms with Crippen LogP contribution in [0.25, 0.3) is 0 Å². The first-order valence-corrected chi connectivity index (χ1v) is 17.0.